The molecule has 0 aliphatic carbocycles. The van der Waals surface area contributed by atoms with E-state index in [4.69, 9.17) is 4.74 Å². The second kappa shape index (κ2) is 6.95. The Kier molecular flexibility index (Phi) is 4.46. The molecule has 0 atom stereocenters. The molecule has 4 aromatic rings. The molecular weight excluding hydrogens is 369 g/mol. The number of methoxy groups -OCH3 is 1. The van der Waals surface area contributed by atoms with Gasteiger partial charge in [0.25, 0.3) is 0 Å². The summed E-state index contributed by atoms with van der Waals surface area (Å²) in [5, 5.41) is 0. The monoisotopic (exact) mass is 384 g/mol. The molecular formula is C20H15F3N4O. The van der Waals surface area contributed by atoms with Crippen LogP contribution in [0.1, 0.15) is 11.4 Å². The normalized spacial score (nSPS) is 11.7. The number of fused-ring (bicyclic) bond motifs is 1. The van der Waals surface area contributed by atoms with Crippen LogP contribution in [0.15, 0.2) is 60.9 Å². The molecule has 4 rings (SSSR count). The number of aromatic nitrogens is 4. The topological polar surface area (TPSA) is 52.8 Å². The summed E-state index contributed by atoms with van der Waals surface area (Å²) in [7, 11) is 1.52. The molecule has 8 heteroatoms. The van der Waals surface area contributed by atoms with Crippen LogP contribution in [-0.4, -0.2) is 26.6 Å². The van der Waals surface area contributed by atoms with Crippen LogP contribution in [0.5, 0.6) is 5.75 Å². The van der Waals surface area contributed by atoms with Gasteiger partial charge in [-0.2, -0.15) is 13.2 Å². The summed E-state index contributed by atoms with van der Waals surface area (Å²) >= 11 is 0. The second-order valence-corrected chi connectivity index (χ2v) is 6.15. The summed E-state index contributed by atoms with van der Waals surface area (Å²) < 4.78 is 47.0. The van der Waals surface area contributed by atoms with Gasteiger partial charge in [-0.05, 0) is 29.8 Å². The van der Waals surface area contributed by atoms with Crippen LogP contribution >= 0.6 is 0 Å². The minimum absolute atomic E-state index is 0.131. The molecule has 2 aromatic heterocycles. The molecule has 0 aliphatic heterocycles. The third-order valence-corrected chi connectivity index (χ3v) is 4.28. The number of nitrogens with zero attached hydrogens (tertiary/aromatic N) is 4. The zero-order valence-corrected chi connectivity index (χ0v) is 14.8. The first-order valence-corrected chi connectivity index (χ1v) is 8.44. The van der Waals surface area contributed by atoms with E-state index in [2.05, 4.69) is 15.0 Å². The summed E-state index contributed by atoms with van der Waals surface area (Å²) in [4.78, 5) is 11.8. The first-order chi connectivity index (χ1) is 13.5. The van der Waals surface area contributed by atoms with Gasteiger partial charge in [-0.3, -0.25) is 0 Å². The maximum Gasteiger partial charge on any atom is 0.451 e. The molecule has 0 saturated carbocycles. The number of hydrogen-bond donors (Lipinski definition) is 0. The van der Waals surface area contributed by atoms with Crippen LogP contribution in [0.25, 0.3) is 22.4 Å². The van der Waals surface area contributed by atoms with Gasteiger partial charge in [-0.25, -0.2) is 15.0 Å². The fourth-order valence-corrected chi connectivity index (χ4v) is 2.92. The Labute approximate surface area is 158 Å². The standard InChI is InChI=1S/C20H15F3N4O/c1-28-15-9-7-14(8-10-15)16-17-18(26-19(25-16)20(21,22)23)27(12-24-17)11-13-5-3-2-4-6-13/h2-10,12H,11H2,1H3. The van der Waals surface area contributed by atoms with Crippen molar-refractivity contribution >= 4 is 11.2 Å². The highest BCUT2D eigenvalue weighted by Gasteiger charge is 2.36. The number of rotatable bonds is 4. The van der Waals surface area contributed by atoms with E-state index in [9.17, 15) is 13.2 Å². The highest BCUT2D eigenvalue weighted by atomic mass is 19.4. The lowest BCUT2D eigenvalue weighted by Gasteiger charge is -2.10. The van der Waals surface area contributed by atoms with Gasteiger partial charge in [-0.15, -0.1) is 0 Å². The Hall–Kier alpha value is -3.42. The van der Waals surface area contributed by atoms with Gasteiger partial charge in [0.05, 0.1) is 20.0 Å². The number of alkyl halides is 3. The molecule has 2 aromatic carbocycles. The number of benzene rings is 2. The van der Waals surface area contributed by atoms with Crippen molar-refractivity contribution in [3.63, 3.8) is 0 Å². The lowest BCUT2D eigenvalue weighted by molar-refractivity contribution is -0.144. The SMILES string of the molecule is COc1ccc(-c2nc(C(F)(F)F)nc3c2ncn3Cc2ccccc2)cc1. The van der Waals surface area contributed by atoms with Crippen LogP contribution in [0.3, 0.4) is 0 Å². The Morgan fingerprint density at radius 1 is 0.964 bits per heavy atom. The molecule has 5 nitrogen and oxygen atoms in total. The fraction of sp³-hybridized carbons (Fsp3) is 0.150. The summed E-state index contributed by atoms with van der Waals surface area (Å²) in [6.07, 6.45) is -3.18. The predicted molar refractivity (Wildman–Crippen MR) is 97.9 cm³/mol. The highest BCUT2D eigenvalue weighted by Crippen LogP contribution is 2.32. The van der Waals surface area contributed by atoms with Crippen LogP contribution in [0.2, 0.25) is 0 Å². The first-order valence-electron chi connectivity index (χ1n) is 8.44. The van der Waals surface area contributed by atoms with Crippen LogP contribution in [0, 0.1) is 0 Å². The zero-order chi connectivity index (χ0) is 19.7. The van der Waals surface area contributed by atoms with Crippen molar-refractivity contribution < 1.29 is 17.9 Å². The molecule has 0 saturated heterocycles. The lowest BCUT2D eigenvalue weighted by Crippen LogP contribution is -2.13. The molecule has 0 N–H and O–H groups in total. The van der Waals surface area contributed by atoms with Crippen LogP contribution < -0.4 is 4.74 Å². The largest absolute Gasteiger partial charge is 0.497 e. The molecule has 28 heavy (non-hydrogen) atoms. The molecule has 0 aliphatic rings. The number of hydrogen-bond acceptors (Lipinski definition) is 4. The van der Waals surface area contributed by atoms with Crippen molar-refractivity contribution in [2.45, 2.75) is 12.7 Å². The molecule has 0 fully saturated rings. The molecule has 2 heterocycles. The predicted octanol–water partition coefficient (Wildman–Crippen LogP) is 4.57. The first kappa shape index (κ1) is 18.0. The van der Waals surface area contributed by atoms with Crippen LogP contribution in [-0.2, 0) is 12.7 Å². The quantitative estimate of drug-likeness (QED) is 0.517. The fourth-order valence-electron chi connectivity index (χ4n) is 2.92. The van der Waals surface area contributed by atoms with Crippen molar-refractivity contribution in [3.8, 4) is 17.0 Å². The average molecular weight is 384 g/mol. The van der Waals surface area contributed by atoms with Crippen molar-refractivity contribution in [1.29, 1.82) is 0 Å². The van der Waals surface area contributed by atoms with E-state index in [-0.39, 0.29) is 11.3 Å². The molecule has 0 unspecified atom stereocenters. The molecule has 0 spiro atoms. The minimum Gasteiger partial charge on any atom is -0.497 e. The Morgan fingerprint density at radius 2 is 1.68 bits per heavy atom. The Balaban J connectivity index is 1.88. The third kappa shape index (κ3) is 3.40. The molecule has 0 radical (unpaired) electrons. The van der Waals surface area contributed by atoms with Crippen molar-refractivity contribution in [1.82, 2.24) is 19.5 Å². The number of halogens is 3. The maximum absolute atomic E-state index is 13.4. The van der Waals surface area contributed by atoms with Gasteiger partial charge < -0.3 is 9.30 Å². The van der Waals surface area contributed by atoms with Crippen molar-refractivity contribution in [2.24, 2.45) is 0 Å². The minimum atomic E-state index is -4.67. The molecule has 142 valence electrons. The van der Waals surface area contributed by atoms with E-state index in [0.29, 0.717) is 23.4 Å². The molecule has 0 bridgehead atoms. The van der Waals surface area contributed by atoms with E-state index in [1.54, 1.807) is 28.8 Å². The summed E-state index contributed by atoms with van der Waals surface area (Å²) in [6.45, 7) is 0.355. The summed E-state index contributed by atoms with van der Waals surface area (Å²) in [5.41, 5.74) is 2.02. The second-order valence-electron chi connectivity index (χ2n) is 6.15. The zero-order valence-electron chi connectivity index (χ0n) is 14.8. The summed E-state index contributed by atoms with van der Waals surface area (Å²) in [5.74, 6) is -0.597. The van der Waals surface area contributed by atoms with E-state index >= 15 is 0 Å². The smallest absolute Gasteiger partial charge is 0.451 e. The van der Waals surface area contributed by atoms with Gasteiger partial charge >= 0.3 is 6.18 Å². The number of ether oxygens (including phenoxy) is 1. The van der Waals surface area contributed by atoms with Gasteiger partial charge in [0, 0.05) is 5.56 Å². The van der Waals surface area contributed by atoms with Crippen molar-refractivity contribution in [2.75, 3.05) is 7.11 Å². The van der Waals surface area contributed by atoms with Crippen molar-refractivity contribution in [3.05, 3.63) is 72.3 Å². The highest BCUT2D eigenvalue weighted by molar-refractivity contribution is 5.87. The lowest BCUT2D eigenvalue weighted by atomic mass is 10.1. The van der Waals surface area contributed by atoms with E-state index in [1.165, 1.54) is 13.4 Å². The van der Waals surface area contributed by atoms with E-state index in [0.717, 1.165) is 5.56 Å². The van der Waals surface area contributed by atoms with Gasteiger partial charge in [0.15, 0.2) is 5.65 Å². The summed E-state index contributed by atoms with van der Waals surface area (Å²) in [6, 6.07) is 16.0. The Bertz CT molecular complexity index is 1110. The Morgan fingerprint density at radius 3 is 2.32 bits per heavy atom. The third-order valence-electron chi connectivity index (χ3n) is 4.28. The molecule has 0 amide bonds. The average Bonchev–Trinajstić information content (AvgIpc) is 3.10. The van der Waals surface area contributed by atoms with Gasteiger partial charge in [0.2, 0.25) is 5.82 Å². The van der Waals surface area contributed by atoms with Gasteiger partial charge in [-0.1, -0.05) is 30.3 Å². The van der Waals surface area contributed by atoms with E-state index in [1.807, 2.05) is 30.3 Å². The number of imidazole rings is 1. The van der Waals surface area contributed by atoms with Crippen LogP contribution in [0.4, 0.5) is 13.2 Å². The van der Waals surface area contributed by atoms with Gasteiger partial charge in [0.1, 0.15) is 17.0 Å². The maximum atomic E-state index is 13.4. The van der Waals surface area contributed by atoms with E-state index < -0.39 is 12.0 Å².